The first-order chi connectivity index (χ1) is 10.7. The number of hydrogen-bond acceptors (Lipinski definition) is 3. The second-order valence-corrected chi connectivity index (χ2v) is 5.88. The number of carbonyl (C=O) groups excluding carboxylic acids is 2. The molecule has 0 bridgehead atoms. The minimum atomic E-state index is -0.0719. The molecule has 1 aromatic rings. The molecule has 2 amide bonds. The summed E-state index contributed by atoms with van der Waals surface area (Å²) in [6, 6.07) is 7.25. The van der Waals surface area contributed by atoms with Crippen LogP contribution in [0, 0.1) is 0 Å². The fourth-order valence-electron chi connectivity index (χ4n) is 3.03. The van der Waals surface area contributed by atoms with Crippen molar-refractivity contribution in [2.75, 3.05) is 24.6 Å². The number of ether oxygens (including phenoxy) is 1. The number of amides is 2. The number of anilines is 1. The van der Waals surface area contributed by atoms with Crippen molar-refractivity contribution < 1.29 is 14.3 Å². The van der Waals surface area contributed by atoms with Crippen molar-refractivity contribution in [1.29, 1.82) is 0 Å². The summed E-state index contributed by atoms with van der Waals surface area (Å²) in [6.07, 6.45) is 4.90. The first kappa shape index (κ1) is 15.0. The van der Waals surface area contributed by atoms with Gasteiger partial charge in [0.1, 0.15) is 0 Å². The van der Waals surface area contributed by atoms with Crippen LogP contribution >= 0.6 is 0 Å². The molecule has 0 spiro atoms. The van der Waals surface area contributed by atoms with Crippen LogP contribution in [-0.2, 0) is 9.53 Å². The summed E-state index contributed by atoms with van der Waals surface area (Å²) in [7, 11) is 0. The van der Waals surface area contributed by atoms with Gasteiger partial charge in [0, 0.05) is 37.4 Å². The van der Waals surface area contributed by atoms with Crippen LogP contribution in [-0.4, -0.2) is 37.6 Å². The lowest BCUT2D eigenvalue weighted by Crippen LogP contribution is -2.27. The highest BCUT2D eigenvalue weighted by molar-refractivity contribution is 5.97. The van der Waals surface area contributed by atoms with Gasteiger partial charge in [-0.05, 0) is 49.9 Å². The van der Waals surface area contributed by atoms with Crippen molar-refractivity contribution in [1.82, 2.24) is 5.32 Å². The number of benzene rings is 1. The molecule has 5 heteroatoms. The van der Waals surface area contributed by atoms with Crippen LogP contribution in [0.3, 0.4) is 0 Å². The lowest BCUT2D eigenvalue weighted by molar-refractivity contribution is -0.117. The maximum absolute atomic E-state index is 12.1. The molecule has 0 radical (unpaired) electrons. The molecule has 22 heavy (non-hydrogen) atoms. The Morgan fingerprint density at radius 3 is 2.73 bits per heavy atom. The van der Waals surface area contributed by atoms with Crippen molar-refractivity contribution in [3.8, 4) is 0 Å². The molecule has 0 unspecified atom stereocenters. The van der Waals surface area contributed by atoms with Crippen LogP contribution < -0.4 is 10.2 Å². The van der Waals surface area contributed by atoms with Crippen LogP contribution in [0.15, 0.2) is 24.3 Å². The highest BCUT2D eigenvalue weighted by atomic mass is 16.5. The predicted octanol–water partition coefficient (Wildman–Crippen LogP) is 2.11. The predicted molar refractivity (Wildman–Crippen MR) is 84.0 cm³/mol. The highest BCUT2D eigenvalue weighted by Crippen LogP contribution is 2.21. The van der Waals surface area contributed by atoms with E-state index in [1.165, 1.54) is 0 Å². The normalized spacial score (nSPS) is 21.4. The second kappa shape index (κ2) is 6.92. The third kappa shape index (κ3) is 3.47. The maximum atomic E-state index is 12.1. The van der Waals surface area contributed by atoms with Gasteiger partial charge in [-0.2, -0.15) is 0 Å². The standard InChI is InChI=1S/C17H22N2O3/c20-16-4-1-11-19(16)14-7-5-13(6-8-14)17(21)18-10-9-15-3-2-12-22-15/h5-8,15H,1-4,9-12H2,(H,18,21)/t15-/m0/s1. The molecular weight excluding hydrogens is 280 g/mol. The zero-order valence-corrected chi connectivity index (χ0v) is 12.7. The minimum absolute atomic E-state index is 0.0719. The van der Waals surface area contributed by atoms with Crippen LogP contribution in [0.1, 0.15) is 42.5 Å². The van der Waals surface area contributed by atoms with Crippen molar-refractivity contribution in [3.05, 3.63) is 29.8 Å². The molecule has 118 valence electrons. The van der Waals surface area contributed by atoms with E-state index >= 15 is 0 Å². The minimum Gasteiger partial charge on any atom is -0.378 e. The van der Waals surface area contributed by atoms with Gasteiger partial charge in [0.2, 0.25) is 5.91 Å². The highest BCUT2D eigenvalue weighted by Gasteiger charge is 2.21. The number of nitrogens with one attached hydrogen (secondary N) is 1. The number of nitrogens with zero attached hydrogens (tertiary/aromatic N) is 1. The molecule has 2 aliphatic heterocycles. The van der Waals surface area contributed by atoms with E-state index in [1.54, 1.807) is 17.0 Å². The van der Waals surface area contributed by atoms with Gasteiger partial charge >= 0.3 is 0 Å². The molecule has 1 N–H and O–H groups in total. The summed E-state index contributed by atoms with van der Waals surface area (Å²) in [4.78, 5) is 25.6. The lowest BCUT2D eigenvalue weighted by Gasteiger charge is -2.16. The molecule has 0 saturated carbocycles. The van der Waals surface area contributed by atoms with Crippen molar-refractivity contribution >= 4 is 17.5 Å². The van der Waals surface area contributed by atoms with Gasteiger partial charge in [0.15, 0.2) is 0 Å². The fourth-order valence-corrected chi connectivity index (χ4v) is 3.03. The van der Waals surface area contributed by atoms with Crippen LogP contribution in [0.2, 0.25) is 0 Å². The van der Waals surface area contributed by atoms with E-state index in [4.69, 9.17) is 4.74 Å². The van der Waals surface area contributed by atoms with E-state index in [1.807, 2.05) is 12.1 Å². The third-order valence-corrected chi connectivity index (χ3v) is 4.29. The lowest BCUT2D eigenvalue weighted by atomic mass is 10.1. The van der Waals surface area contributed by atoms with Gasteiger partial charge < -0.3 is 15.0 Å². The fraction of sp³-hybridized carbons (Fsp3) is 0.529. The van der Waals surface area contributed by atoms with Crippen molar-refractivity contribution in [2.24, 2.45) is 0 Å². The molecule has 2 aliphatic rings. The Hall–Kier alpha value is -1.88. The summed E-state index contributed by atoms with van der Waals surface area (Å²) in [5.41, 5.74) is 1.50. The summed E-state index contributed by atoms with van der Waals surface area (Å²) >= 11 is 0. The number of rotatable bonds is 5. The summed E-state index contributed by atoms with van der Waals surface area (Å²) < 4.78 is 5.53. The van der Waals surface area contributed by atoms with Crippen molar-refractivity contribution in [3.63, 3.8) is 0 Å². The molecule has 1 atom stereocenters. The van der Waals surface area contributed by atoms with E-state index in [9.17, 15) is 9.59 Å². The molecule has 3 rings (SSSR count). The van der Waals surface area contributed by atoms with Gasteiger partial charge in [-0.3, -0.25) is 9.59 Å². The SMILES string of the molecule is O=C(NCC[C@@H]1CCCO1)c1ccc(N2CCCC2=O)cc1. The van der Waals surface area contributed by atoms with Gasteiger partial charge in [0.25, 0.3) is 5.91 Å². The van der Waals surface area contributed by atoms with Gasteiger partial charge in [-0.15, -0.1) is 0 Å². The monoisotopic (exact) mass is 302 g/mol. The molecular formula is C17H22N2O3. The molecule has 2 heterocycles. The second-order valence-electron chi connectivity index (χ2n) is 5.88. The van der Waals surface area contributed by atoms with Crippen LogP contribution in [0.5, 0.6) is 0 Å². The van der Waals surface area contributed by atoms with Crippen LogP contribution in [0.4, 0.5) is 5.69 Å². The van der Waals surface area contributed by atoms with Crippen molar-refractivity contribution in [2.45, 2.75) is 38.2 Å². The van der Waals surface area contributed by atoms with Gasteiger partial charge in [0.05, 0.1) is 6.10 Å². The Bertz CT molecular complexity index is 535. The summed E-state index contributed by atoms with van der Waals surface area (Å²) in [5, 5.41) is 2.92. The van der Waals surface area contributed by atoms with E-state index in [2.05, 4.69) is 5.32 Å². The zero-order valence-electron chi connectivity index (χ0n) is 12.7. The molecule has 0 aliphatic carbocycles. The Morgan fingerprint density at radius 1 is 1.27 bits per heavy atom. The van der Waals surface area contributed by atoms with Gasteiger partial charge in [-0.25, -0.2) is 0 Å². The quantitative estimate of drug-likeness (QED) is 0.906. The third-order valence-electron chi connectivity index (χ3n) is 4.29. The Morgan fingerprint density at radius 2 is 2.09 bits per heavy atom. The van der Waals surface area contributed by atoms with Gasteiger partial charge in [-0.1, -0.05) is 0 Å². The smallest absolute Gasteiger partial charge is 0.251 e. The summed E-state index contributed by atoms with van der Waals surface area (Å²) in [6.45, 7) is 2.25. The zero-order chi connectivity index (χ0) is 15.4. The first-order valence-electron chi connectivity index (χ1n) is 8.04. The van der Waals surface area contributed by atoms with E-state index in [0.717, 1.165) is 44.5 Å². The van der Waals surface area contributed by atoms with Crippen LogP contribution in [0.25, 0.3) is 0 Å². The molecule has 0 aromatic heterocycles. The molecule has 5 nitrogen and oxygen atoms in total. The number of carbonyl (C=O) groups is 2. The first-order valence-corrected chi connectivity index (χ1v) is 8.04. The maximum Gasteiger partial charge on any atom is 0.251 e. The Kier molecular flexibility index (Phi) is 4.73. The molecule has 1 aromatic carbocycles. The molecule has 2 saturated heterocycles. The van der Waals surface area contributed by atoms with E-state index < -0.39 is 0 Å². The Labute approximate surface area is 130 Å². The number of hydrogen-bond donors (Lipinski definition) is 1. The van der Waals surface area contributed by atoms with E-state index in [0.29, 0.717) is 24.6 Å². The summed E-state index contributed by atoms with van der Waals surface area (Å²) in [5.74, 6) is 0.0889. The average molecular weight is 302 g/mol. The average Bonchev–Trinajstić information content (AvgIpc) is 3.19. The topological polar surface area (TPSA) is 58.6 Å². The Balaban J connectivity index is 1.51. The van der Waals surface area contributed by atoms with E-state index in [-0.39, 0.29) is 11.8 Å². The molecule has 2 fully saturated rings. The largest absolute Gasteiger partial charge is 0.378 e.